The number of hydrogen-bond acceptors (Lipinski definition) is 4. The molecule has 0 aliphatic rings. The summed E-state index contributed by atoms with van der Waals surface area (Å²) in [4.78, 5) is 10.4. The molecule has 0 fully saturated rings. The highest BCUT2D eigenvalue weighted by Crippen LogP contribution is 1.94. The van der Waals surface area contributed by atoms with Crippen molar-refractivity contribution in [1.29, 1.82) is 0 Å². The Morgan fingerprint density at radius 2 is 2.15 bits per heavy atom. The topological polar surface area (TPSA) is 55.8 Å². The second-order valence-corrected chi connectivity index (χ2v) is 2.86. The first-order valence-corrected chi connectivity index (χ1v) is 4.56. The Bertz CT molecular complexity index is 136. The standard InChI is InChI=1S/C9H18O4/c1-3-5-12-6-4-9(11)7-13-8(2)10/h9,11H,3-7H2,1-2H3. The van der Waals surface area contributed by atoms with Crippen LogP contribution < -0.4 is 0 Å². The molecule has 0 saturated heterocycles. The molecule has 0 aromatic carbocycles. The van der Waals surface area contributed by atoms with Crippen LogP contribution >= 0.6 is 0 Å². The molecule has 78 valence electrons. The van der Waals surface area contributed by atoms with E-state index in [-0.39, 0.29) is 12.6 Å². The highest BCUT2D eigenvalue weighted by Gasteiger charge is 2.05. The quantitative estimate of drug-likeness (QED) is 0.475. The number of rotatable bonds is 7. The third kappa shape index (κ3) is 9.30. The fraction of sp³-hybridized carbons (Fsp3) is 0.889. The van der Waals surface area contributed by atoms with E-state index in [1.54, 1.807) is 0 Å². The van der Waals surface area contributed by atoms with Gasteiger partial charge in [0.2, 0.25) is 0 Å². The Kier molecular flexibility index (Phi) is 7.63. The highest BCUT2D eigenvalue weighted by molar-refractivity contribution is 5.65. The van der Waals surface area contributed by atoms with Crippen LogP contribution in [0.4, 0.5) is 0 Å². The summed E-state index contributed by atoms with van der Waals surface area (Å²) in [5, 5.41) is 9.24. The van der Waals surface area contributed by atoms with Gasteiger partial charge in [-0.3, -0.25) is 4.79 Å². The van der Waals surface area contributed by atoms with E-state index in [4.69, 9.17) is 4.74 Å². The molecule has 4 heteroatoms. The summed E-state index contributed by atoms with van der Waals surface area (Å²) < 4.78 is 9.78. The largest absolute Gasteiger partial charge is 0.463 e. The molecule has 0 amide bonds. The first kappa shape index (κ1) is 12.4. The number of aliphatic hydroxyl groups is 1. The molecular formula is C9H18O4. The van der Waals surface area contributed by atoms with E-state index in [9.17, 15) is 9.90 Å². The number of carbonyl (C=O) groups is 1. The molecule has 0 aliphatic heterocycles. The van der Waals surface area contributed by atoms with Gasteiger partial charge in [0.15, 0.2) is 0 Å². The van der Waals surface area contributed by atoms with Crippen molar-refractivity contribution >= 4 is 5.97 Å². The Balaban J connectivity index is 3.19. The molecule has 1 N–H and O–H groups in total. The number of carbonyl (C=O) groups excluding carboxylic acids is 1. The number of esters is 1. The maximum Gasteiger partial charge on any atom is 0.302 e. The molecule has 0 aromatic rings. The summed E-state index contributed by atoms with van der Waals surface area (Å²) in [5.74, 6) is -0.367. The molecule has 1 atom stereocenters. The van der Waals surface area contributed by atoms with Gasteiger partial charge in [0, 0.05) is 20.1 Å². The van der Waals surface area contributed by atoms with Crippen molar-refractivity contribution in [3.8, 4) is 0 Å². The Morgan fingerprint density at radius 3 is 2.69 bits per heavy atom. The summed E-state index contributed by atoms with van der Waals surface area (Å²) in [6.07, 6.45) is 0.869. The van der Waals surface area contributed by atoms with Gasteiger partial charge in [-0.1, -0.05) is 6.92 Å². The predicted molar refractivity (Wildman–Crippen MR) is 48.4 cm³/mol. The van der Waals surface area contributed by atoms with Crippen molar-refractivity contribution in [2.45, 2.75) is 32.8 Å². The monoisotopic (exact) mass is 190 g/mol. The highest BCUT2D eigenvalue weighted by atomic mass is 16.5. The zero-order valence-electron chi connectivity index (χ0n) is 8.28. The lowest BCUT2D eigenvalue weighted by Gasteiger charge is -2.09. The summed E-state index contributed by atoms with van der Waals surface area (Å²) in [6.45, 7) is 4.62. The second kappa shape index (κ2) is 8.01. The minimum atomic E-state index is -0.610. The van der Waals surface area contributed by atoms with Crippen molar-refractivity contribution in [3.05, 3.63) is 0 Å². The molecule has 0 aromatic heterocycles. The normalized spacial score (nSPS) is 12.5. The Hall–Kier alpha value is -0.610. The van der Waals surface area contributed by atoms with Crippen LogP contribution in [0.1, 0.15) is 26.7 Å². The summed E-state index contributed by atoms with van der Waals surface area (Å²) in [6, 6.07) is 0. The van der Waals surface area contributed by atoms with Crippen molar-refractivity contribution in [2.75, 3.05) is 19.8 Å². The summed E-state index contributed by atoms with van der Waals surface area (Å²) in [5.41, 5.74) is 0. The SMILES string of the molecule is CCCOCCC(O)COC(C)=O. The van der Waals surface area contributed by atoms with Gasteiger partial charge < -0.3 is 14.6 Å². The lowest BCUT2D eigenvalue weighted by atomic mass is 10.3. The number of hydrogen-bond donors (Lipinski definition) is 1. The van der Waals surface area contributed by atoms with Crippen molar-refractivity contribution < 1.29 is 19.4 Å². The van der Waals surface area contributed by atoms with Crippen molar-refractivity contribution in [3.63, 3.8) is 0 Å². The van der Waals surface area contributed by atoms with Gasteiger partial charge >= 0.3 is 5.97 Å². The van der Waals surface area contributed by atoms with Gasteiger partial charge in [0.25, 0.3) is 0 Å². The van der Waals surface area contributed by atoms with Gasteiger partial charge in [-0.2, -0.15) is 0 Å². The zero-order valence-corrected chi connectivity index (χ0v) is 8.28. The van der Waals surface area contributed by atoms with E-state index < -0.39 is 6.10 Å². The minimum Gasteiger partial charge on any atom is -0.463 e. The van der Waals surface area contributed by atoms with Crippen LogP contribution in [0.25, 0.3) is 0 Å². The van der Waals surface area contributed by atoms with Crippen molar-refractivity contribution in [2.24, 2.45) is 0 Å². The molecule has 0 spiro atoms. The third-order valence-corrected chi connectivity index (χ3v) is 1.42. The molecule has 0 rings (SSSR count). The average molecular weight is 190 g/mol. The fourth-order valence-corrected chi connectivity index (χ4v) is 0.763. The molecule has 0 bridgehead atoms. The van der Waals surface area contributed by atoms with Crippen LogP contribution in [0.5, 0.6) is 0 Å². The lowest BCUT2D eigenvalue weighted by molar-refractivity contribution is -0.144. The first-order chi connectivity index (χ1) is 6.16. The lowest BCUT2D eigenvalue weighted by Crippen LogP contribution is -2.19. The van der Waals surface area contributed by atoms with Gasteiger partial charge in [-0.05, 0) is 12.8 Å². The van der Waals surface area contributed by atoms with E-state index in [0.717, 1.165) is 6.42 Å². The average Bonchev–Trinajstić information content (AvgIpc) is 2.09. The molecule has 1 unspecified atom stereocenters. The van der Waals surface area contributed by atoms with Crippen molar-refractivity contribution in [1.82, 2.24) is 0 Å². The van der Waals surface area contributed by atoms with E-state index in [1.165, 1.54) is 6.92 Å². The summed E-state index contributed by atoms with van der Waals surface area (Å²) in [7, 11) is 0. The number of ether oxygens (including phenoxy) is 2. The van der Waals surface area contributed by atoms with Crippen LogP contribution in [-0.2, 0) is 14.3 Å². The first-order valence-electron chi connectivity index (χ1n) is 4.56. The van der Waals surface area contributed by atoms with E-state index in [0.29, 0.717) is 19.6 Å². The second-order valence-electron chi connectivity index (χ2n) is 2.86. The van der Waals surface area contributed by atoms with Gasteiger partial charge in [-0.25, -0.2) is 0 Å². The summed E-state index contributed by atoms with van der Waals surface area (Å²) >= 11 is 0. The molecule has 0 radical (unpaired) electrons. The smallest absolute Gasteiger partial charge is 0.302 e. The van der Waals surface area contributed by atoms with Gasteiger partial charge in [0.1, 0.15) is 6.61 Å². The van der Waals surface area contributed by atoms with Crippen LogP contribution in [0.15, 0.2) is 0 Å². The van der Waals surface area contributed by atoms with Gasteiger partial charge in [0.05, 0.1) is 6.10 Å². The maximum absolute atomic E-state index is 10.4. The predicted octanol–water partition coefficient (Wildman–Crippen LogP) is 0.727. The fourth-order valence-electron chi connectivity index (χ4n) is 0.763. The molecule has 0 saturated carbocycles. The third-order valence-electron chi connectivity index (χ3n) is 1.42. The van der Waals surface area contributed by atoms with E-state index in [2.05, 4.69) is 4.74 Å². The Labute approximate surface area is 78.8 Å². The maximum atomic E-state index is 10.4. The minimum absolute atomic E-state index is 0.0603. The van der Waals surface area contributed by atoms with E-state index >= 15 is 0 Å². The molecular weight excluding hydrogens is 172 g/mol. The molecule has 13 heavy (non-hydrogen) atoms. The van der Waals surface area contributed by atoms with Crippen LogP contribution in [0.2, 0.25) is 0 Å². The number of aliphatic hydroxyl groups excluding tert-OH is 1. The Morgan fingerprint density at radius 1 is 1.46 bits per heavy atom. The van der Waals surface area contributed by atoms with E-state index in [1.807, 2.05) is 6.92 Å². The van der Waals surface area contributed by atoms with Crippen LogP contribution in [0, 0.1) is 0 Å². The van der Waals surface area contributed by atoms with Crippen LogP contribution in [-0.4, -0.2) is 37.0 Å². The molecule has 0 heterocycles. The van der Waals surface area contributed by atoms with Crippen LogP contribution in [0.3, 0.4) is 0 Å². The van der Waals surface area contributed by atoms with Gasteiger partial charge in [-0.15, -0.1) is 0 Å². The molecule has 0 aliphatic carbocycles. The molecule has 4 nitrogen and oxygen atoms in total. The zero-order chi connectivity index (χ0) is 10.1.